The van der Waals surface area contributed by atoms with Crippen LogP contribution in [0.25, 0.3) is 6.08 Å². The lowest BCUT2D eigenvalue weighted by Crippen LogP contribution is -2.51. The van der Waals surface area contributed by atoms with Crippen LogP contribution in [0.1, 0.15) is 75.7 Å². The molecule has 1 aromatic heterocycles. The number of hydrogen-bond donors (Lipinski definition) is 2. The van der Waals surface area contributed by atoms with E-state index in [1.807, 2.05) is 11.7 Å². The minimum atomic E-state index is -0.353. The van der Waals surface area contributed by atoms with E-state index in [0.717, 1.165) is 44.2 Å². The van der Waals surface area contributed by atoms with Crippen molar-refractivity contribution in [1.82, 2.24) is 9.78 Å². The number of nitrogens with zero attached hydrogens (tertiary/aromatic N) is 2. The second kappa shape index (κ2) is 6.80. The summed E-state index contributed by atoms with van der Waals surface area (Å²) >= 11 is 0. The van der Waals surface area contributed by atoms with Gasteiger partial charge in [-0.1, -0.05) is 25.5 Å². The predicted molar refractivity (Wildman–Crippen MR) is 120 cm³/mol. The van der Waals surface area contributed by atoms with E-state index in [1.54, 1.807) is 0 Å². The van der Waals surface area contributed by atoms with Gasteiger partial charge in [-0.25, -0.2) is 0 Å². The van der Waals surface area contributed by atoms with Crippen molar-refractivity contribution in [2.45, 2.75) is 84.8 Å². The lowest BCUT2D eigenvalue weighted by atomic mass is 9.48. The summed E-state index contributed by atoms with van der Waals surface area (Å²) in [7, 11) is 1.99. The molecule has 0 radical (unpaired) electrons. The van der Waals surface area contributed by atoms with Crippen molar-refractivity contribution in [2.75, 3.05) is 0 Å². The van der Waals surface area contributed by atoms with Crippen LogP contribution in [-0.4, -0.2) is 32.2 Å². The Labute approximate surface area is 181 Å². The third-order valence-electron chi connectivity index (χ3n) is 9.84. The van der Waals surface area contributed by atoms with Crippen LogP contribution in [0.5, 0.6) is 0 Å². The summed E-state index contributed by atoms with van der Waals surface area (Å²) in [5, 5.41) is 26.3. The van der Waals surface area contributed by atoms with Crippen molar-refractivity contribution in [1.29, 1.82) is 0 Å². The smallest absolute Gasteiger partial charge is 0.0809 e. The monoisotopic (exact) mass is 410 g/mol. The van der Waals surface area contributed by atoms with Gasteiger partial charge in [0.1, 0.15) is 0 Å². The Balaban J connectivity index is 1.49. The number of aliphatic hydroxyl groups excluding tert-OH is 2. The van der Waals surface area contributed by atoms with Crippen LogP contribution >= 0.6 is 0 Å². The highest BCUT2D eigenvalue weighted by Crippen LogP contribution is 2.65. The highest BCUT2D eigenvalue weighted by Gasteiger charge is 2.59. The molecule has 0 aromatic carbocycles. The fourth-order valence-electron chi connectivity index (χ4n) is 7.82. The minimum Gasteiger partial charge on any atom is -0.393 e. The molecule has 0 saturated heterocycles. The topological polar surface area (TPSA) is 58.3 Å². The number of aryl methyl sites for hydroxylation is 2. The maximum absolute atomic E-state index is 11.5. The first kappa shape index (κ1) is 20.5. The molecule has 2 N–H and O–H groups in total. The van der Waals surface area contributed by atoms with Crippen molar-refractivity contribution in [3.63, 3.8) is 0 Å². The van der Waals surface area contributed by atoms with Gasteiger partial charge in [-0.3, -0.25) is 4.68 Å². The zero-order valence-corrected chi connectivity index (χ0v) is 19.3. The van der Waals surface area contributed by atoms with Crippen molar-refractivity contribution in [3.05, 3.63) is 34.2 Å². The molecular formula is C26H38N2O2. The highest BCUT2D eigenvalue weighted by atomic mass is 16.3. The van der Waals surface area contributed by atoms with Crippen LogP contribution in [0.2, 0.25) is 0 Å². The zero-order valence-electron chi connectivity index (χ0n) is 19.3. The number of allylic oxidation sites excluding steroid dienone is 1. The van der Waals surface area contributed by atoms with Crippen LogP contribution in [0.15, 0.2) is 17.2 Å². The lowest BCUT2D eigenvalue weighted by molar-refractivity contribution is -0.0685. The molecule has 4 aliphatic rings. The molecule has 4 heteroatoms. The first-order chi connectivity index (χ1) is 14.1. The van der Waals surface area contributed by atoms with E-state index < -0.39 is 0 Å². The number of aliphatic hydroxyl groups is 2. The van der Waals surface area contributed by atoms with Gasteiger partial charge in [-0.2, -0.15) is 5.10 Å². The predicted octanol–water partition coefficient (Wildman–Crippen LogP) is 4.71. The summed E-state index contributed by atoms with van der Waals surface area (Å²) < 4.78 is 1.94. The lowest BCUT2D eigenvalue weighted by Gasteiger charge is -2.57. The van der Waals surface area contributed by atoms with E-state index in [9.17, 15) is 10.2 Å². The number of hydrogen-bond acceptors (Lipinski definition) is 3. The Morgan fingerprint density at radius 2 is 1.87 bits per heavy atom. The van der Waals surface area contributed by atoms with Crippen LogP contribution < -0.4 is 0 Å². The summed E-state index contributed by atoms with van der Waals surface area (Å²) in [6.45, 7) is 8.99. The maximum Gasteiger partial charge on any atom is 0.0809 e. The third-order valence-corrected chi connectivity index (χ3v) is 9.84. The average molecular weight is 411 g/mol. The van der Waals surface area contributed by atoms with Crippen molar-refractivity contribution in [2.24, 2.45) is 35.6 Å². The van der Waals surface area contributed by atoms with E-state index in [0.29, 0.717) is 17.8 Å². The number of rotatable bonds is 1. The summed E-state index contributed by atoms with van der Waals surface area (Å²) in [5.74, 6) is 1.87. The molecule has 0 spiro atoms. The molecule has 0 amide bonds. The molecule has 5 rings (SSSR count). The van der Waals surface area contributed by atoms with Crippen LogP contribution in [0, 0.1) is 42.4 Å². The molecular weight excluding hydrogens is 372 g/mol. The largest absolute Gasteiger partial charge is 0.393 e. The van der Waals surface area contributed by atoms with E-state index in [1.165, 1.54) is 28.8 Å². The normalized spacial score (nSPS) is 44.4. The summed E-state index contributed by atoms with van der Waals surface area (Å²) in [6.07, 6.45) is 11.6. The minimum absolute atomic E-state index is 0.0209. The molecule has 1 aromatic rings. The zero-order chi connectivity index (χ0) is 21.4. The van der Waals surface area contributed by atoms with Crippen LogP contribution in [0.3, 0.4) is 0 Å². The van der Waals surface area contributed by atoms with E-state index in [-0.39, 0.29) is 23.0 Å². The molecule has 4 nitrogen and oxygen atoms in total. The van der Waals surface area contributed by atoms with Crippen molar-refractivity contribution < 1.29 is 10.2 Å². The highest BCUT2D eigenvalue weighted by molar-refractivity contribution is 5.59. The Hall–Kier alpha value is -1.39. The summed E-state index contributed by atoms with van der Waals surface area (Å²) in [5.41, 5.74) is 6.35. The van der Waals surface area contributed by atoms with Gasteiger partial charge in [0.25, 0.3) is 0 Å². The second-order valence-electron chi connectivity index (χ2n) is 11.2. The first-order valence-corrected chi connectivity index (χ1v) is 11.9. The fourth-order valence-corrected chi connectivity index (χ4v) is 7.82. The van der Waals surface area contributed by atoms with E-state index in [4.69, 9.17) is 0 Å². The van der Waals surface area contributed by atoms with Gasteiger partial charge in [0.15, 0.2) is 0 Å². The van der Waals surface area contributed by atoms with Gasteiger partial charge in [0.2, 0.25) is 0 Å². The average Bonchev–Trinajstić information content (AvgIpc) is 3.10. The quantitative estimate of drug-likeness (QED) is 0.659. The molecule has 7 atom stereocenters. The molecule has 3 fully saturated rings. The van der Waals surface area contributed by atoms with Crippen LogP contribution in [-0.2, 0) is 7.05 Å². The SMILES string of the molecule is Cc1nn(C)c(C)c1/C=C1\C[C@@H]2[C@H]3CC=C4C[C@@H](O)CC[C@]4(C)[C@@H]3CC[C@@]2(C)[C@@H]1O. The number of aromatic nitrogens is 2. The van der Waals surface area contributed by atoms with Gasteiger partial charge in [0.05, 0.1) is 17.9 Å². The fraction of sp³-hybridized carbons (Fsp3) is 0.731. The van der Waals surface area contributed by atoms with Crippen LogP contribution in [0.4, 0.5) is 0 Å². The standard InChI is InChI=1S/C26H38N2O2/c1-15-21(16(2)28(5)27-15)12-17-13-23-20-7-6-18-14-19(29)8-10-25(18,3)22(20)9-11-26(23,4)24(17)30/h6,12,19-20,22-24,29-30H,7-11,13-14H2,1-5H3/b17-12+/t19-,20-,22+,23+,24+,25-,26+/m0/s1. The van der Waals surface area contributed by atoms with Crippen molar-refractivity contribution in [3.8, 4) is 0 Å². The molecule has 0 aliphatic heterocycles. The van der Waals surface area contributed by atoms with Gasteiger partial charge < -0.3 is 10.2 Å². The maximum atomic E-state index is 11.5. The van der Waals surface area contributed by atoms with Gasteiger partial charge in [-0.05, 0) is 93.6 Å². The molecule has 1 heterocycles. The Kier molecular flexibility index (Phi) is 4.65. The van der Waals surface area contributed by atoms with E-state index >= 15 is 0 Å². The number of fused-ring (bicyclic) bond motifs is 5. The first-order valence-electron chi connectivity index (χ1n) is 11.9. The summed E-state index contributed by atoms with van der Waals surface area (Å²) in [6, 6.07) is 0. The Morgan fingerprint density at radius 1 is 1.10 bits per heavy atom. The van der Waals surface area contributed by atoms with Crippen molar-refractivity contribution >= 4 is 6.08 Å². The Morgan fingerprint density at radius 3 is 2.57 bits per heavy atom. The van der Waals surface area contributed by atoms with Gasteiger partial charge >= 0.3 is 0 Å². The molecule has 3 saturated carbocycles. The molecule has 164 valence electrons. The van der Waals surface area contributed by atoms with Gasteiger partial charge in [-0.15, -0.1) is 0 Å². The Bertz CT molecular complexity index is 928. The second-order valence-corrected chi connectivity index (χ2v) is 11.2. The van der Waals surface area contributed by atoms with E-state index in [2.05, 4.69) is 44.9 Å². The molecule has 4 aliphatic carbocycles. The molecule has 0 bridgehead atoms. The molecule has 30 heavy (non-hydrogen) atoms. The third kappa shape index (κ3) is 2.75. The van der Waals surface area contributed by atoms with Gasteiger partial charge in [0, 0.05) is 23.7 Å². The summed E-state index contributed by atoms with van der Waals surface area (Å²) in [4.78, 5) is 0. The molecule has 0 unspecified atom stereocenters.